The molecule has 2 saturated heterocycles. The Balaban J connectivity index is 1.48. The first-order valence-corrected chi connectivity index (χ1v) is 13.2. The minimum absolute atomic E-state index is 0.0227. The quantitative estimate of drug-likeness (QED) is 0.591. The third-order valence-corrected chi connectivity index (χ3v) is 8.94. The molecule has 33 heavy (non-hydrogen) atoms. The lowest BCUT2D eigenvalue weighted by molar-refractivity contribution is -0.137. The number of hydrogen-bond donors (Lipinski definition) is 3. The number of likely N-dealkylation sites (N-methyl/N-ethyl adjacent to an activating group) is 1. The number of carbonyl (C=O) groups excluding carboxylic acids is 3. The van der Waals surface area contributed by atoms with Gasteiger partial charge in [0.2, 0.25) is 17.7 Å². The molecule has 3 N–H and O–H groups in total. The first-order valence-electron chi connectivity index (χ1n) is 12.2. The van der Waals surface area contributed by atoms with Gasteiger partial charge in [0.05, 0.1) is 22.9 Å². The van der Waals surface area contributed by atoms with Gasteiger partial charge >= 0.3 is 0 Å². The van der Waals surface area contributed by atoms with Gasteiger partial charge < -0.3 is 20.9 Å². The van der Waals surface area contributed by atoms with Crippen molar-refractivity contribution < 1.29 is 14.4 Å². The second kappa shape index (κ2) is 10.1. The Kier molecular flexibility index (Phi) is 7.34. The minimum atomic E-state index is -0.593. The van der Waals surface area contributed by atoms with E-state index < -0.39 is 11.5 Å². The lowest BCUT2D eigenvalue weighted by Gasteiger charge is -2.32. The van der Waals surface area contributed by atoms with Crippen LogP contribution in [0.2, 0.25) is 0 Å². The Morgan fingerprint density at radius 1 is 1.21 bits per heavy atom. The van der Waals surface area contributed by atoms with Gasteiger partial charge in [-0.2, -0.15) is 0 Å². The molecule has 7 nitrogen and oxygen atoms in total. The van der Waals surface area contributed by atoms with Crippen LogP contribution in [-0.4, -0.2) is 59.4 Å². The standard InChI is InChI=1S/C25H36N4O3S/c1-4-25(24(32)28-19-11-7-9-17-8-5-6-10-18(17)19)14-21-29(15-25)23(31)20(12-13-33-21)27-22(30)16(2)26-3/h5-6,8,10,16,19-21,26H,4,7,9,11-15H2,1-3H3,(H,27,30)(H,28,32)/t16?,19-,20+,21+,25?/m1/s1. The maximum atomic E-state index is 13.7. The second-order valence-electron chi connectivity index (χ2n) is 9.61. The summed E-state index contributed by atoms with van der Waals surface area (Å²) in [5.41, 5.74) is 1.95. The van der Waals surface area contributed by atoms with Gasteiger partial charge in [0.1, 0.15) is 6.04 Å². The fourth-order valence-corrected chi connectivity index (χ4v) is 6.75. The van der Waals surface area contributed by atoms with Crippen molar-refractivity contribution in [3.63, 3.8) is 0 Å². The molecule has 3 amide bonds. The van der Waals surface area contributed by atoms with Gasteiger partial charge in [-0.15, -0.1) is 11.8 Å². The predicted molar refractivity (Wildman–Crippen MR) is 131 cm³/mol. The number of benzene rings is 1. The molecule has 0 bridgehead atoms. The highest BCUT2D eigenvalue weighted by molar-refractivity contribution is 7.99. The summed E-state index contributed by atoms with van der Waals surface area (Å²) in [7, 11) is 1.73. The van der Waals surface area contributed by atoms with Crippen LogP contribution in [0.1, 0.15) is 63.1 Å². The highest BCUT2D eigenvalue weighted by Gasteiger charge is 2.52. The zero-order valence-electron chi connectivity index (χ0n) is 19.9. The number of thioether (sulfide) groups is 1. The Labute approximate surface area is 200 Å². The van der Waals surface area contributed by atoms with E-state index in [9.17, 15) is 14.4 Å². The minimum Gasteiger partial charge on any atom is -0.349 e. The van der Waals surface area contributed by atoms with E-state index in [1.165, 1.54) is 11.1 Å². The number of hydrogen-bond acceptors (Lipinski definition) is 5. The van der Waals surface area contributed by atoms with Crippen molar-refractivity contribution in [2.75, 3.05) is 19.3 Å². The van der Waals surface area contributed by atoms with E-state index in [1.54, 1.807) is 25.7 Å². The topological polar surface area (TPSA) is 90.5 Å². The highest BCUT2D eigenvalue weighted by Crippen LogP contribution is 2.45. The van der Waals surface area contributed by atoms with Crippen LogP contribution in [0, 0.1) is 5.41 Å². The van der Waals surface area contributed by atoms with Crippen molar-refractivity contribution in [3.05, 3.63) is 35.4 Å². The van der Waals surface area contributed by atoms with Crippen LogP contribution in [0.25, 0.3) is 0 Å². The smallest absolute Gasteiger partial charge is 0.246 e. The molecule has 0 spiro atoms. The largest absolute Gasteiger partial charge is 0.349 e. The van der Waals surface area contributed by atoms with E-state index in [1.807, 2.05) is 17.9 Å². The van der Waals surface area contributed by atoms with Gasteiger partial charge in [0, 0.05) is 6.54 Å². The maximum absolute atomic E-state index is 13.7. The van der Waals surface area contributed by atoms with Crippen LogP contribution in [0.5, 0.6) is 0 Å². The van der Waals surface area contributed by atoms with Gasteiger partial charge in [-0.05, 0) is 69.4 Å². The Morgan fingerprint density at radius 3 is 2.76 bits per heavy atom. The van der Waals surface area contributed by atoms with Gasteiger partial charge in [-0.1, -0.05) is 31.2 Å². The highest BCUT2D eigenvalue weighted by atomic mass is 32.2. The molecule has 2 aliphatic heterocycles. The average Bonchev–Trinajstić information content (AvgIpc) is 3.16. The fourth-order valence-electron chi connectivity index (χ4n) is 5.31. The normalized spacial score (nSPS) is 30.1. The van der Waals surface area contributed by atoms with E-state index in [-0.39, 0.29) is 35.2 Å². The molecule has 1 aromatic rings. The molecular weight excluding hydrogens is 436 g/mol. The lowest BCUT2D eigenvalue weighted by Crippen LogP contribution is -2.53. The molecule has 1 aromatic carbocycles. The SMILES string of the molecule is CCC1(C(=O)N[C@@H]2CCCc3ccccc32)C[C@@H]2SCC[C@H](NC(=O)C(C)NC)C(=O)N2C1. The first kappa shape index (κ1) is 24.1. The molecule has 8 heteroatoms. The molecule has 4 rings (SSSR count). The zero-order chi connectivity index (χ0) is 23.6. The number of aryl methyl sites for hydroxylation is 1. The summed E-state index contributed by atoms with van der Waals surface area (Å²) in [4.78, 5) is 41.3. The van der Waals surface area contributed by atoms with E-state index in [2.05, 4.69) is 34.1 Å². The van der Waals surface area contributed by atoms with Gasteiger partial charge in [-0.25, -0.2) is 0 Å². The van der Waals surface area contributed by atoms with Crippen molar-refractivity contribution in [2.45, 2.75) is 75.9 Å². The van der Waals surface area contributed by atoms with Gasteiger partial charge in [0.15, 0.2) is 0 Å². The van der Waals surface area contributed by atoms with E-state index in [0.717, 1.165) is 25.0 Å². The number of fused-ring (bicyclic) bond motifs is 2. The van der Waals surface area contributed by atoms with Gasteiger partial charge in [0.25, 0.3) is 0 Å². The van der Waals surface area contributed by atoms with Crippen LogP contribution in [-0.2, 0) is 20.8 Å². The molecule has 5 atom stereocenters. The molecule has 0 aromatic heterocycles. The second-order valence-corrected chi connectivity index (χ2v) is 10.9. The monoisotopic (exact) mass is 472 g/mol. The summed E-state index contributed by atoms with van der Waals surface area (Å²) in [5, 5.41) is 9.16. The van der Waals surface area contributed by atoms with Crippen LogP contribution in [0.15, 0.2) is 24.3 Å². The molecule has 2 unspecified atom stereocenters. The molecular formula is C25H36N4O3S. The number of rotatable bonds is 6. The Bertz CT molecular complexity index is 909. The van der Waals surface area contributed by atoms with E-state index >= 15 is 0 Å². The van der Waals surface area contributed by atoms with Crippen LogP contribution >= 0.6 is 11.8 Å². The van der Waals surface area contributed by atoms with Crippen LogP contribution in [0.3, 0.4) is 0 Å². The molecule has 0 saturated carbocycles. The molecule has 180 valence electrons. The van der Waals surface area contributed by atoms with E-state index in [0.29, 0.717) is 25.8 Å². The van der Waals surface area contributed by atoms with Crippen molar-refractivity contribution in [1.29, 1.82) is 0 Å². The summed E-state index contributed by atoms with van der Waals surface area (Å²) in [6.07, 6.45) is 5.03. The van der Waals surface area contributed by atoms with Crippen molar-refractivity contribution in [3.8, 4) is 0 Å². The summed E-state index contributed by atoms with van der Waals surface area (Å²) in [6.45, 7) is 4.23. The maximum Gasteiger partial charge on any atom is 0.246 e. The number of nitrogens with zero attached hydrogens (tertiary/aromatic N) is 1. The molecule has 0 radical (unpaired) electrons. The zero-order valence-corrected chi connectivity index (χ0v) is 20.7. The van der Waals surface area contributed by atoms with Crippen molar-refractivity contribution >= 4 is 29.5 Å². The number of amides is 3. The van der Waals surface area contributed by atoms with Crippen LogP contribution < -0.4 is 16.0 Å². The van der Waals surface area contributed by atoms with Crippen molar-refractivity contribution in [2.24, 2.45) is 5.41 Å². The first-order chi connectivity index (χ1) is 15.9. The number of nitrogens with one attached hydrogen (secondary N) is 3. The molecule has 1 aliphatic carbocycles. The third-order valence-electron chi connectivity index (χ3n) is 7.66. The Morgan fingerprint density at radius 2 is 2.00 bits per heavy atom. The number of carbonyl (C=O) groups is 3. The molecule has 2 fully saturated rings. The summed E-state index contributed by atoms with van der Waals surface area (Å²) < 4.78 is 0. The van der Waals surface area contributed by atoms with Crippen molar-refractivity contribution in [1.82, 2.24) is 20.9 Å². The summed E-state index contributed by atoms with van der Waals surface area (Å²) >= 11 is 1.73. The summed E-state index contributed by atoms with van der Waals surface area (Å²) in [6, 6.07) is 7.51. The summed E-state index contributed by atoms with van der Waals surface area (Å²) in [5.74, 6) is 0.600. The predicted octanol–water partition coefficient (Wildman–Crippen LogP) is 2.36. The fraction of sp³-hybridized carbons (Fsp3) is 0.640. The third kappa shape index (κ3) is 4.78. The van der Waals surface area contributed by atoms with Crippen LogP contribution in [0.4, 0.5) is 0 Å². The molecule has 2 heterocycles. The van der Waals surface area contributed by atoms with Gasteiger partial charge in [-0.3, -0.25) is 14.4 Å². The molecule has 3 aliphatic rings. The lowest BCUT2D eigenvalue weighted by atomic mass is 9.81. The average molecular weight is 473 g/mol. The Hall–Kier alpha value is -2.06. The van der Waals surface area contributed by atoms with E-state index in [4.69, 9.17) is 0 Å².